The van der Waals surface area contributed by atoms with E-state index in [1.807, 2.05) is 25.2 Å². The van der Waals surface area contributed by atoms with Gasteiger partial charge in [0, 0.05) is 18.8 Å². The Morgan fingerprint density at radius 1 is 1.35 bits per heavy atom. The molecular weight excluding hydrogens is 254 g/mol. The predicted octanol–water partition coefficient (Wildman–Crippen LogP) is 3.02. The molecule has 0 bridgehead atoms. The number of aromatic nitrogens is 1. The van der Waals surface area contributed by atoms with Crippen LogP contribution in [0.5, 0.6) is 0 Å². The molecule has 0 spiro atoms. The number of rotatable bonds is 3. The minimum absolute atomic E-state index is 0.246. The zero-order chi connectivity index (χ0) is 14.3. The summed E-state index contributed by atoms with van der Waals surface area (Å²) >= 11 is 0. The highest BCUT2D eigenvalue weighted by Crippen LogP contribution is 2.37. The zero-order valence-electron chi connectivity index (χ0n) is 11.9. The summed E-state index contributed by atoms with van der Waals surface area (Å²) in [5.74, 6) is 0. The van der Waals surface area contributed by atoms with Crippen LogP contribution < -0.4 is 0 Å². The van der Waals surface area contributed by atoms with Gasteiger partial charge in [-0.2, -0.15) is 0 Å². The first-order valence-electron chi connectivity index (χ1n) is 7.01. The molecule has 1 N–H and O–H groups in total. The van der Waals surface area contributed by atoms with E-state index in [1.165, 1.54) is 12.0 Å². The number of aryl methyl sites for hydroxylation is 2. The van der Waals surface area contributed by atoms with Crippen LogP contribution in [0.3, 0.4) is 0 Å². The Morgan fingerprint density at radius 2 is 2.10 bits per heavy atom. The van der Waals surface area contributed by atoms with Gasteiger partial charge >= 0.3 is 0 Å². The number of aromatic amines is 1. The molecule has 5 nitrogen and oxygen atoms in total. The van der Waals surface area contributed by atoms with E-state index in [0.29, 0.717) is 6.54 Å². The first-order chi connectivity index (χ1) is 9.58. The van der Waals surface area contributed by atoms with Crippen molar-refractivity contribution >= 4 is 16.6 Å². The molecule has 0 atom stereocenters. The molecule has 20 heavy (non-hydrogen) atoms. The molecule has 1 aromatic heterocycles. The third-order valence-electron chi connectivity index (χ3n) is 4.02. The summed E-state index contributed by atoms with van der Waals surface area (Å²) in [6, 6.07) is 1.80. The summed E-state index contributed by atoms with van der Waals surface area (Å²) in [7, 11) is 3.95. The molecule has 1 aliphatic carbocycles. The van der Waals surface area contributed by atoms with E-state index in [4.69, 9.17) is 0 Å². The van der Waals surface area contributed by atoms with Crippen LogP contribution in [0.15, 0.2) is 12.3 Å². The number of nitrogens with one attached hydrogen (secondary N) is 1. The molecule has 1 aliphatic rings. The van der Waals surface area contributed by atoms with Crippen molar-refractivity contribution in [3.8, 4) is 0 Å². The van der Waals surface area contributed by atoms with Gasteiger partial charge < -0.3 is 9.88 Å². The van der Waals surface area contributed by atoms with Crippen LogP contribution in [0.25, 0.3) is 10.9 Å². The average molecular weight is 273 g/mol. The first-order valence-corrected chi connectivity index (χ1v) is 7.01. The highest BCUT2D eigenvalue weighted by atomic mass is 16.6. The molecule has 2 aromatic rings. The molecule has 0 radical (unpaired) electrons. The predicted molar refractivity (Wildman–Crippen MR) is 79.0 cm³/mol. The van der Waals surface area contributed by atoms with E-state index in [0.717, 1.165) is 41.3 Å². The van der Waals surface area contributed by atoms with Gasteiger partial charge in [0.2, 0.25) is 0 Å². The van der Waals surface area contributed by atoms with Crippen LogP contribution >= 0.6 is 0 Å². The highest BCUT2D eigenvalue weighted by molar-refractivity contribution is 5.95. The lowest BCUT2D eigenvalue weighted by Crippen LogP contribution is -2.11. The average Bonchev–Trinajstić information content (AvgIpc) is 2.81. The Hall–Kier alpha value is -1.88. The molecule has 0 saturated carbocycles. The Kier molecular flexibility index (Phi) is 3.22. The van der Waals surface area contributed by atoms with Gasteiger partial charge in [0.15, 0.2) is 0 Å². The van der Waals surface area contributed by atoms with Gasteiger partial charge in [-0.05, 0) is 56.5 Å². The Balaban J connectivity index is 2.28. The second-order valence-electron chi connectivity index (χ2n) is 5.80. The molecule has 1 heterocycles. The maximum absolute atomic E-state index is 11.4. The number of nitro groups is 1. The lowest BCUT2D eigenvalue weighted by atomic mass is 9.89. The Labute approximate surface area is 117 Å². The number of fused-ring (bicyclic) bond motifs is 3. The van der Waals surface area contributed by atoms with Gasteiger partial charge in [-0.25, -0.2) is 0 Å². The van der Waals surface area contributed by atoms with Gasteiger partial charge in [-0.3, -0.25) is 10.1 Å². The number of hydrogen-bond acceptors (Lipinski definition) is 3. The lowest BCUT2D eigenvalue weighted by Gasteiger charge is -2.17. The van der Waals surface area contributed by atoms with Crippen molar-refractivity contribution in [3.05, 3.63) is 39.1 Å². The van der Waals surface area contributed by atoms with Gasteiger partial charge in [0.1, 0.15) is 0 Å². The zero-order valence-corrected chi connectivity index (χ0v) is 11.9. The van der Waals surface area contributed by atoms with Crippen molar-refractivity contribution in [1.29, 1.82) is 0 Å². The number of H-pyrrole nitrogens is 1. The molecule has 0 aliphatic heterocycles. The fourth-order valence-electron chi connectivity index (χ4n) is 3.21. The second-order valence-corrected chi connectivity index (χ2v) is 5.80. The summed E-state index contributed by atoms with van der Waals surface area (Å²) in [6.45, 7) is 0.708. The SMILES string of the molecule is CN(C)Cc1c[nH]c2c3c(cc([N+](=O)[O-])c12)CCCC3. The van der Waals surface area contributed by atoms with E-state index < -0.39 is 0 Å². The van der Waals surface area contributed by atoms with Gasteiger partial charge in [0.25, 0.3) is 5.69 Å². The molecule has 0 fully saturated rings. The quantitative estimate of drug-likeness (QED) is 0.690. The summed E-state index contributed by atoms with van der Waals surface area (Å²) in [4.78, 5) is 16.5. The fourth-order valence-corrected chi connectivity index (χ4v) is 3.21. The Morgan fingerprint density at radius 3 is 2.80 bits per heavy atom. The van der Waals surface area contributed by atoms with Crippen molar-refractivity contribution in [1.82, 2.24) is 9.88 Å². The number of hydrogen-bond donors (Lipinski definition) is 1. The topological polar surface area (TPSA) is 62.2 Å². The number of non-ortho nitro benzene ring substituents is 1. The summed E-state index contributed by atoms with van der Waals surface area (Å²) in [6.07, 6.45) is 6.19. The van der Waals surface area contributed by atoms with Crippen molar-refractivity contribution in [2.45, 2.75) is 32.2 Å². The highest BCUT2D eigenvalue weighted by Gasteiger charge is 2.24. The molecule has 0 amide bonds. The van der Waals surface area contributed by atoms with E-state index in [2.05, 4.69) is 4.98 Å². The minimum Gasteiger partial charge on any atom is -0.360 e. The molecular formula is C15H19N3O2. The van der Waals surface area contributed by atoms with Gasteiger partial charge in [0.05, 0.1) is 15.8 Å². The van der Waals surface area contributed by atoms with E-state index in [1.54, 1.807) is 6.07 Å². The van der Waals surface area contributed by atoms with Crippen molar-refractivity contribution in [2.24, 2.45) is 0 Å². The van der Waals surface area contributed by atoms with E-state index >= 15 is 0 Å². The maximum Gasteiger partial charge on any atom is 0.279 e. The normalized spacial score (nSPS) is 14.8. The third kappa shape index (κ3) is 2.08. The Bertz CT molecular complexity index is 673. The number of nitrogens with zero attached hydrogens (tertiary/aromatic N) is 2. The molecule has 5 heteroatoms. The van der Waals surface area contributed by atoms with Crippen LogP contribution in [-0.2, 0) is 19.4 Å². The fraction of sp³-hybridized carbons (Fsp3) is 0.467. The van der Waals surface area contributed by atoms with Gasteiger partial charge in [-0.15, -0.1) is 0 Å². The molecule has 106 valence electrons. The van der Waals surface area contributed by atoms with Crippen LogP contribution in [0.1, 0.15) is 29.5 Å². The summed E-state index contributed by atoms with van der Waals surface area (Å²) in [5.41, 5.74) is 4.66. The van der Waals surface area contributed by atoms with Crippen molar-refractivity contribution < 1.29 is 4.92 Å². The molecule has 3 rings (SSSR count). The molecule has 1 aromatic carbocycles. The van der Waals surface area contributed by atoms with Crippen LogP contribution in [0.2, 0.25) is 0 Å². The maximum atomic E-state index is 11.4. The van der Waals surface area contributed by atoms with E-state index in [-0.39, 0.29) is 10.6 Å². The second kappa shape index (κ2) is 4.90. The smallest absolute Gasteiger partial charge is 0.279 e. The molecule has 0 unspecified atom stereocenters. The lowest BCUT2D eigenvalue weighted by molar-refractivity contribution is -0.383. The standard InChI is InChI=1S/C15H19N3O2/c1-17(2)9-11-8-16-15-12-6-4-3-5-10(12)7-13(14(11)15)18(19)20/h7-8,16H,3-6,9H2,1-2H3. The number of nitro benzene ring substituents is 1. The largest absolute Gasteiger partial charge is 0.360 e. The third-order valence-corrected chi connectivity index (χ3v) is 4.02. The van der Waals surface area contributed by atoms with Gasteiger partial charge in [-0.1, -0.05) is 0 Å². The minimum atomic E-state index is -0.246. The van der Waals surface area contributed by atoms with Crippen LogP contribution in [-0.4, -0.2) is 28.9 Å². The van der Waals surface area contributed by atoms with Crippen LogP contribution in [0.4, 0.5) is 5.69 Å². The monoisotopic (exact) mass is 273 g/mol. The van der Waals surface area contributed by atoms with Crippen molar-refractivity contribution in [2.75, 3.05) is 14.1 Å². The first kappa shape index (κ1) is 13.1. The summed E-state index contributed by atoms with van der Waals surface area (Å²) < 4.78 is 0. The number of benzene rings is 1. The van der Waals surface area contributed by atoms with E-state index in [9.17, 15) is 10.1 Å². The van der Waals surface area contributed by atoms with Crippen molar-refractivity contribution in [3.63, 3.8) is 0 Å². The van der Waals surface area contributed by atoms with Crippen LogP contribution in [0, 0.1) is 10.1 Å². The summed E-state index contributed by atoms with van der Waals surface area (Å²) in [5, 5.41) is 12.2. The molecule has 0 saturated heterocycles.